The van der Waals surface area contributed by atoms with E-state index in [2.05, 4.69) is 22.4 Å². The van der Waals surface area contributed by atoms with Gasteiger partial charge in [-0.15, -0.1) is 0 Å². The van der Waals surface area contributed by atoms with Crippen LogP contribution in [-0.4, -0.2) is 51.8 Å². The molecule has 0 aromatic heterocycles. The van der Waals surface area contributed by atoms with Crippen LogP contribution in [0.1, 0.15) is 31.2 Å². The van der Waals surface area contributed by atoms with E-state index in [0.717, 1.165) is 63.5 Å². The van der Waals surface area contributed by atoms with Gasteiger partial charge < -0.3 is 30.0 Å². The fourth-order valence-electron chi connectivity index (χ4n) is 3.84. The predicted octanol–water partition coefficient (Wildman–Crippen LogP) is 1.55. The number of rotatable bonds is 5. The molecule has 4 rings (SSSR count). The molecule has 0 amide bonds. The Morgan fingerprint density at radius 3 is 2.85 bits per heavy atom. The summed E-state index contributed by atoms with van der Waals surface area (Å²) in [6.07, 6.45) is 4.27. The summed E-state index contributed by atoms with van der Waals surface area (Å²) in [6.45, 7) is 3.93. The van der Waals surface area contributed by atoms with Crippen molar-refractivity contribution in [3.05, 3.63) is 23.8 Å². The zero-order chi connectivity index (χ0) is 17.8. The van der Waals surface area contributed by atoms with Crippen molar-refractivity contribution >= 4 is 5.96 Å². The van der Waals surface area contributed by atoms with Crippen LogP contribution in [0, 0.1) is 0 Å². The van der Waals surface area contributed by atoms with E-state index in [1.54, 1.807) is 0 Å². The highest BCUT2D eigenvalue weighted by molar-refractivity contribution is 5.77. The third-order valence-electron chi connectivity index (χ3n) is 5.52. The molecule has 1 aromatic carbocycles. The third kappa shape index (κ3) is 3.73. The van der Waals surface area contributed by atoms with Gasteiger partial charge in [0.1, 0.15) is 0 Å². The van der Waals surface area contributed by atoms with E-state index in [0.29, 0.717) is 12.5 Å². The van der Waals surface area contributed by atoms with Gasteiger partial charge in [0.25, 0.3) is 0 Å². The minimum absolute atomic E-state index is 0.0879. The monoisotopic (exact) mass is 361 g/mol. The lowest BCUT2D eigenvalue weighted by molar-refractivity contribution is 0.0530. The quantitative estimate of drug-likeness (QED) is 0.611. The number of nitrogens with two attached hydrogens (primary N) is 1. The topological polar surface area (TPSA) is 87.3 Å². The first-order valence-electron chi connectivity index (χ1n) is 9.38. The van der Waals surface area contributed by atoms with Crippen molar-refractivity contribution in [3.63, 3.8) is 0 Å². The van der Waals surface area contributed by atoms with Gasteiger partial charge >= 0.3 is 0 Å². The smallest absolute Gasteiger partial charge is 0.231 e. The van der Waals surface area contributed by atoms with Crippen LogP contribution in [0.5, 0.6) is 11.5 Å². The van der Waals surface area contributed by atoms with Crippen molar-refractivity contribution in [1.29, 1.82) is 0 Å². The second kappa shape index (κ2) is 7.72. The summed E-state index contributed by atoms with van der Waals surface area (Å²) < 4.78 is 22.2. The highest BCUT2D eigenvalue weighted by Gasteiger charge is 2.35. The van der Waals surface area contributed by atoms with E-state index in [1.807, 2.05) is 6.07 Å². The van der Waals surface area contributed by atoms with Gasteiger partial charge in [0.05, 0.1) is 12.6 Å². The van der Waals surface area contributed by atoms with E-state index in [9.17, 15) is 0 Å². The van der Waals surface area contributed by atoms with Gasteiger partial charge in [-0.25, -0.2) is 0 Å². The van der Waals surface area contributed by atoms with E-state index >= 15 is 0 Å². The first-order valence-corrected chi connectivity index (χ1v) is 9.38. The zero-order valence-corrected chi connectivity index (χ0v) is 15.0. The summed E-state index contributed by atoms with van der Waals surface area (Å²) in [5.74, 6) is 2.09. The molecule has 3 aliphatic rings. The minimum Gasteiger partial charge on any atom is -0.454 e. The first kappa shape index (κ1) is 17.4. The minimum atomic E-state index is -0.0879. The Hall–Kier alpha value is -1.99. The van der Waals surface area contributed by atoms with Crippen LogP contribution in [0.15, 0.2) is 23.2 Å². The molecule has 3 N–H and O–H groups in total. The molecular weight excluding hydrogens is 334 g/mol. The second-order valence-corrected chi connectivity index (χ2v) is 7.18. The molecule has 0 saturated carbocycles. The van der Waals surface area contributed by atoms with Gasteiger partial charge in [-0.05, 0) is 43.4 Å². The number of nitrogens with zero attached hydrogens (tertiary/aromatic N) is 1. The molecule has 3 heterocycles. The average molecular weight is 361 g/mol. The Kier molecular flexibility index (Phi) is 5.17. The van der Waals surface area contributed by atoms with Crippen LogP contribution in [-0.2, 0) is 14.9 Å². The van der Waals surface area contributed by atoms with E-state index in [1.165, 1.54) is 5.56 Å². The summed E-state index contributed by atoms with van der Waals surface area (Å²) in [6, 6.07) is 6.18. The highest BCUT2D eigenvalue weighted by Crippen LogP contribution is 2.41. The Balaban J connectivity index is 1.46. The number of hydrogen-bond acceptors (Lipinski definition) is 5. The van der Waals surface area contributed by atoms with Gasteiger partial charge in [0.15, 0.2) is 17.5 Å². The Labute approximate surface area is 153 Å². The fourth-order valence-corrected chi connectivity index (χ4v) is 3.84. The Morgan fingerprint density at radius 2 is 2.04 bits per heavy atom. The van der Waals surface area contributed by atoms with Gasteiger partial charge in [-0.1, -0.05) is 6.07 Å². The molecule has 2 saturated heterocycles. The number of ether oxygens (including phenoxy) is 4. The second-order valence-electron chi connectivity index (χ2n) is 7.18. The molecule has 1 atom stereocenters. The van der Waals surface area contributed by atoms with Crippen molar-refractivity contribution in [2.75, 3.05) is 39.7 Å². The molecule has 2 fully saturated rings. The van der Waals surface area contributed by atoms with Gasteiger partial charge in [0.2, 0.25) is 6.79 Å². The fraction of sp³-hybridized carbons (Fsp3) is 0.632. The lowest BCUT2D eigenvalue weighted by Crippen LogP contribution is -2.41. The molecule has 26 heavy (non-hydrogen) atoms. The van der Waals surface area contributed by atoms with E-state index in [-0.39, 0.29) is 18.3 Å². The maximum absolute atomic E-state index is 6.10. The molecule has 0 spiro atoms. The Bertz CT molecular complexity index is 652. The van der Waals surface area contributed by atoms with Crippen LogP contribution in [0.25, 0.3) is 0 Å². The van der Waals surface area contributed by atoms with Gasteiger partial charge in [-0.3, -0.25) is 4.99 Å². The largest absolute Gasteiger partial charge is 0.454 e. The summed E-state index contributed by atoms with van der Waals surface area (Å²) in [4.78, 5) is 4.65. The standard InChI is InChI=1S/C19H27N3O4/c20-18(21-11-15-2-1-7-24-15)22-12-19(5-8-23-9-6-19)14-3-4-16-17(10-14)26-13-25-16/h3-4,10,15H,1-2,5-9,11-13H2,(H3,20,21,22). The molecule has 7 heteroatoms. The lowest BCUT2D eigenvalue weighted by atomic mass is 9.74. The van der Waals surface area contributed by atoms with E-state index < -0.39 is 0 Å². The van der Waals surface area contributed by atoms with Crippen LogP contribution < -0.4 is 20.5 Å². The molecule has 142 valence electrons. The number of hydrogen-bond donors (Lipinski definition) is 2. The molecule has 0 bridgehead atoms. The number of aliphatic imine (C=N–C) groups is 1. The van der Waals surface area contributed by atoms with E-state index in [4.69, 9.17) is 24.7 Å². The van der Waals surface area contributed by atoms with Crippen LogP contribution in [0.4, 0.5) is 0 Å². The summed E-state index contributed by atoms with van der Waals surface area (Å²) in [7, 11) is 0. The average Bonchev–Trinajstić information content (AvgIpc) is 3.36. The highest BCUT2D eigenvalue weighted by atomic mass is 16.7. The molecule has 0 aliphatic carbocycles. The SMILES string of the molecule is NC(=NCC1(c2ccc3c(c2)OCO3)CCOCC1)NCC1CCCO1. The van der Waals surface area contributed by atoms with Crippen molar-refractivity contribution in [1.82, 2.24) is 5.32 Å². The van der Waals surface area contributed by atoms with Crippen molar-refractivity contribution < 1.29 is 18.9 Å². The summed E-state index contributed by atoms with van der Waals surface area (Å²) >= 11 is 0. The third-order valence-corrected chi connectivity index (χ3v) is 5.52. The van der Waals surface area contributed by atoms with Crippen molar-refractivity contribution in [2.24, 2.45) is 10.7 Å². The summed E-state index contributed by atoms with van der Waals surface area (Å²) in [5.41, 5.74) is 7.22. The number of fused-ring (bicyclic) bond motifs is 1. The number of guanidine groups is 1. The van der Waals surface area contributed by atoms with Gasteiger partial charge in [0, 0.05) is 31.8 Å². The van der Waals surface area contributed by atoms with Crippen LogP contribution in [0.3, 0.4) is 0 Å². The summed E-state index contributed by atoms with van der Waals surface area (Å²) in [5, 5.41) is 3.20. The molecular formula is C19H27N3O4. The zero-order valence-electron chi connectivity index (χ0n) is 15.0. The lowest BCUT2D eigenvalue weighted by Gasteiger charge is -2.36. The maximum atomic E-state index is 6.10. The normalized spacial score (nSPS) is 24.6. The molecule has 7 nitrogen and oxygen atoms in total. The molecule has 1 aromatic rings. The molecule has 1 unspecified atom stereocenters. The molecule has 3 aliphatic heterocycles. The maximum Gasteiger partial charge on any atom is 0.231 e. The first-order chi connectivity index (χ1) is 12.8. The molecule has 0 radical (unpaired) electrons. The number of benzene rings is 1. The predicted molar refractivity (Wildman–Crippen MR) is 97.8 cm³/mol. The van der Waals surface area contributed by atoms with Crippen molar-refractivity contribution in [3.8, 4) is 11.5 Å². The van der Waals surface area contributed by atoms with Crippen LogP contribution >= 0.6 is 0 Å². The van der Waals surface area contributed by atoms with Crippen LogP contribution in [0.2, 0.25) is 0 Å². The Morgan fingerprint density at radius 1 is 1.19 bits per heavy atom. The van der Waals surface area contributed by atoms with Crippen molar-refractivity contribution in [2.45, 2.75) is 37.2 Å². The number of nitrogens with one attached hydrogen (secondary N) is 1. The van der Waals surface area contributed by atoms with Gasteiger partial charge in [-0.2, -0.15) is 0 Å².